The number of hydrogen-bond acceptors (Lipinski definition) is 5. The topological polar surface area (TPSA) is 107 Å². The van der Waals surface area contributed by atoms with Crippen molar-refractivity contribution in [2.24, 2.45) is 7.05 Å². The van der Waals surface area contributed by atoms with Crippen LogP contribution in [0.4, 0.5) is 28.9 Å². The van der Waals surface area contributed by atoms with Crippen molar-refractivity contribution in [3.05, 3.63) is 83.3 Å². The number of nitrogens with one attached hydrogen (secondary N) is 2. The van der Waals surface area contributed by atoms with Gasteiger partial charge in [0.05, 0.1) is 6.54 Å². The molecule has 0 unspecified atom stereocenters. The number of benzene rings is 1. The number of aryl methyl sites for hydroxylation is 1. The number of amides is 2. The molecule has 2 amide bonds. The monoisotopic (exact) mass is 490 g/mol. The molecule has 4 rings (SSSR count). The standard InChI is InChI=1S/C22H18F4N6O3/c1-31-9-8-15(29-31)21(33)27-12-2-4-13(5-3-12)28-22(34)18-7-6-14(35-18)11-32-17(20(25)26)10-16(30-32)19(23)24/h2-10,19-20H,11H2,1H3,(H,27,33)(H,28,34). The van der Waals surface area contributed by atoms with E-state index < -0.39 is 36.1 Å². The van der Waals surface area contributed by atoms with Crippen molar-refractivity contribution in [2.75, 3.05) is 10.6 Å². The van der Waals surface area contributed by atoms with Crippen molar-refractivity contribution in [2.45, 2.75) is 19.4 Å². The van der Waals surface area contributed by atoms with Crippen LogP contribution in [-0.4, -0.2) is 31.4 Å². The largest absolute Gasteiger partial charge is 0.454 e. The third kappa shape index (κ3) is 5.57. The first-order chi connectivity index (χ1) is 16.7. The van der Waals surface area contributed by atoms with Gasteiger partial charge in [-0.1, -0.05) is 0 Å². The number of carbonyl (C=O) groups is 2. The van der Waals surface area contributed by atoms with Crippen LogP contribution < -0.4 is 10.6 Å². The second-order valence-electron chi connectivity index (χ2n) is 7.38. The van der Waals surface area contributed by atoms with Gasteiger partial charge >= 0.3 is 0 Å². The molecule has 0 saturated carbocycles. The summed E-state index contributed by atoms with van der Waals surface area (Å²) in [6.07, 6.45) is -4.37. The number of hydrogen-bond donors (Lipinski definition) is 2. The van der Waals surface area contributed by atoms with Gasteiger partial charge in [-0.2, -0.15) is 10.2 Å². The van der Waals surface area contributed by atoms with Gasteiger partial charge in [-0.25, -0.2) is 17.6 Å². The maximum atomic E-state index is 13.1. The molecular formula is C22H18F4N6O3. The average molecular weight is 490 g/mol. The van der Waals surface area contributed by atoms with Gasteiger partial charge in [0.15, 0.2) is 11.5 Å². The van der Waals surface area contributed by atoms with Crippen LogP contribution in [0.15, 0.2) is 59.1 Å². The summed E-state index contributed by atoms with van der Waals surface area (Å²) in [5.41, 5.74) is -0.323. The first-order valence-corrected chi connectivity index (χ1v) is 10.1. The summed E-state index contributed by atoms with van der Waals surface area (Å²) >= 11 is 0. The smallest absolute Gasteiger partial charge is 0.291 e. The van der Waals surface area contributed by atoms with Gasteiger partial charge in [0.25, 0.3) is 24.7 Å². The normalized spacial score (nSPS) is 11.3. The molecule has 9 nitrogen and oxygen atoms in total. The van der Waals surface area contributed by atoms with Gasteiger partial charge in [0.2, 0.25) is 0 Å². The van der Waals surface area contributed by atoms with Crippen molar-refractivity contribution >= 4 is 23.2 Å². The Morgan fingerprint density at radius 1 is 0.914 bits per heavy atom. The minimum Gasteiger partial charge on any atom is -0.454 e. The van der Waals surface area contributed by atoms with Crippen LogP contribution in [0, 0.1) is 0 Å². The zero-order chi connectivity index (χ0) is 25.1. The van der Waals surface area contributed by atoms with Gasteiger partial charge in [-0.05, 0) is 48.5 Å². The molecule has 0 radical (unpaired) electrons. The van der Waals surface area contributed by atoms with Gasteiger partial charge in [-0.3, -0.25) is 19.0 Å². The van der Waals surface area contributed by atoms with Crippen LogP contribution in [0.25, 0.3) is 0 Å². The minimum atomic E-state index is -3.01. The SMILES string of the molecule is Cn1ccc(C(=O)Nc2ccc(NC(=O)c3ccc(Cn4nc(C(F)F)cc4C(F)F)o3)cc2)n1. The lowest BCUT2D eigenvalue weighted by atomic mass is 10.2. The fourth-order valence-electron chi connectivity index (χ4n) is 3.15. The number of halogens is 4. The lowest BCUT2D eigenvalue weighted by Crippen LogP contribution is -2.13. The van der Waals surface area contributed by atoms with E-state index in [0.717, 1.165) is 0 Å². The third-order valence-electron chi connectivity index (χ3n) is 4.82. The first-order valence-electron chi connectivity index (χ1n) is 10.1. The molecule has 0 saturated heterocycles. The van der Waals surface area contributed by atoms with Gasteiger partial charge in [0, 0.05) is 24.6 Å². The van der Waals surface area contributed by atoms with Crippen molar-refractivity contribution in [1.29, 1.82) is 0 Å². The maximum absolute atomic E-state index is 13.1. The Bertz CT molecular complexity index is 1340. The van der Waals surface area contributed by atoms with E-state index in [9.17, 15) is 27.2 Å². The molecule has 0 atom stereocenters. The summed E-state index contributed by atoms with van der Waals surface area (Å²) in [6, 6.07) is 11.2. The quantitative estimate of drug-likeness (QED) is 0.350. The second kappa shape index (κ2) is 9.83. The number of aromatic nitrogens is 4. The number of carbonyl (C=O) groups excluding carboxylic acids is 2. The highest BCUT2D eigenvalue weighted by Crippen LogP contribution is 2.26. The molecule has 0 aliphatic heterocycles. The zero-order valence-electron chi connectivity index (χ0n) is 18.1. The van der Waals surface area contributed by atoms with Crippen LogP contribution >= 0.6 is 0 Å². The predicted octanol–water partition coefficient (Wildman–Crippen LogP) is 4.64. The molecule has 1 aromatic carbocycles. The van der Waals surface area contributed by atoms with Gasteiger partial charge < -0.3 is 15.1 Å². The number of alkyl halides is 4. The molecule has 4 aromatic rings. The summed E-state index contributed by atoms with van der Waals surface area (Å²) in [6.45, 7) is -0.357. The molecule has 3 heterocycles. The predicted molar refractivity (Wildman–Crippen MR) is 116 cm³/mol. The highest BCUT2D eigenvalue weighted by atomic mass is 19.3. The van der Waals surface area contributed by atoms with Crippen LogP contribution in [0.5, 0.6) is 0 Å². The second-order valence-corrected chi connectivity index (χ2v) is 7.38. The van der Waals surface area contributed by atoms with E-state index >= 15 is 0 Å². The fraction of sp³-hybridized carbons (Fsp3) is 0.182. The van der Waals surface area contributed by atoms with Gasteiger partial charge in [-0.15, -0.1) is 0 Å². The van der Waals surface area contributed by atoms with E-state index in [-0.39, 0.29) is 23.8 Å². The van der Waals surface area contributed by atoms with E-state index in [1.54, 1.807) is 43.6 Å². The molecule has 182 valence electrons. The minimum absolute atomic E-state index is 0.0774. The average Bonchev–Trinajstić information content (AvgIpc) is 3.55. The van der Waals surface area contributed by atoms with Crippen LogP contribution in [0.2, 0.25) is 0 Å². The molecule has 3 aromatic heterocycles. The molecule has 0 spiro atoms. The molecule has 0 aliphatic rings. The Kier molecular flexibility index (Phi) is 6.66. The molecule has 13 heteroatoms. The number of anilines is 2. The maximum Gasteiger partial charge on any atom is 0.291 e. The number of nitrogens with zero attached hydrogens (tertiary/aromatic N) is 4. The van der Waals surface area contributed by atoms with E-state index in [2.05, 4.69) is 20.8 Å². The van der Waals surface area contributed by atoms with E-state index in [1.807, 2.05) is 0 Å². The summed E-state index contributed by atoms with van der Waals surface area (Å²) in [5.74, 6) is -1.05. The van der Waals surface area contributed by atoms with Crippen molar-refractivity contribution < 1.29 is 31.6 Å². The summed E-state index contributed by atoms with van der Waals surface area (Å²) in [4.78, 5) is 24.6. The Morgan fingerprint density at radius 3 is 2.14 bits per heavy atom. The summed E-state index contributed by atoms with van der Waals surface area (Å²) in [7, 11) is 1.69. The molecule has 2 N–H and O–H groups in total. The Balaban J connectivity index is 1.38. The Hall–Kier alpha value is -4.42. The molecular weight excluding hydrogens is 472 g/mol. The zero-order valence-corrected chi connectivity index (χ0v) is 18.1. The Labute approximate surface area is 195 Å². The number of rotatable bonds is 8. The number of furan rings is 1. The molecule has 0 bridgehead atoms. The molecule has 0 fully saturated rings. The summed E-state index contributed by atoms with van der Waals surface area (Å²) in [5, 5.41) is 12.8. The van der Waals surface area contributed by atoms with Gasteiger partial charge in [0.1, 0.15) is 17.1 Å². The molecule has 0 aliphatic carbocycles. The van der Waals surface area contributed by atoms with Crippen molar-refractivity contribution in [3.63, 3.8) is 0 Å². The lowest BCUT2D eigenvalue weighted by Gasteiger charge is -2.07. The first kappa shape index (κ1) is 23.7. The van der Waals surface area contributed by atoms with Crippen LogP contribution in [0.3, 0.4) is 0 Å². The third-order valence-corrected chi connectivity index (χ3v) is 4.82. The van der Waals surface area contributed by atoms with Crippen molar-refractivity contribution in [1.82, 2.24) is 19.6 Å². The lowest BCUT2D eigenvalue weighted by molar-refractivity contribution is 0.0991. The summed E-state index contributed by atoms with van der Waals surface area (Å²) < 4.78 is 59.5. The Morgan fingerprint density at radius 2 is 1.57 bits per heavy atom. The highest BCUT2D eigenvalue weighted by Gasteiger charge is 2.22. The molecule has 35 heavy (non-hydrogen) atoms. The van der Waals surface area contributed by atoms with Crippen LogP contribution in [0.1, 0.15) is 51.0 Å². The van der Waals surface area contributed by atoms with E-state index in [4.69, 9.17) is 4.42 Å². The van der Waals surface area contributed by atoms with Crippen LogP contribution in [-0.2, 0) is 13.6 Å². The van der Waals surface area contributed by atoms with Crippen molar-refractivity contribution in [3.8, 4) is 0 Å². The van der Waals surface area contributed by atoms with E-state index in [0.29, 0.717) is 22.1 Å². The highest BCUT2D eigenvalue weighted by molar-refractivity contribution is 6.04. The van der Waals surface area contributed by atoms with E-state index in [1.165, 1.54) is 16.8 Å². The fourth-order valence-corrected chi connectivity index (χ4v) is 3.15.